The van der Waals surface area contributed by atoms with Gasteiger partial charge >= 0.3 is 6.03 Å². The van der Waals surface area contributed by atoms with Gasteiger partial charge in [0.15, 0.2) is 0 Å². The van der Waals surface area contributed by atoms with E-state index in [9.17, 15) is 4.79 Å². The Balaban J connectivity index is 2.33. The van der Waals surface area contributed by atoms with Gasteiger partial charge in [0, 0.05) is 9.35 Å². The molecular weight excluding hydrogens is 290 g/mol. The van der Waals surface area contributed by atoms with Crippen LogP contribution in [-0.2, 0) is 0 Å². The van der Waals surface area contributed by atoms with Gasteiger partial charge < -0.3 is 11.1 Å². The van der Waals surface area contributed by atoms with Gasteiger partial charge in [-0.1, -0.05) is 11.6 Å². The molecule has 1 unspecified atom stereocenters. The molecule has 0 saturated carbocycles. The molecule has 7 heteroatoms. The SMILES string of the molecule is NC1=NC(=O)NC1c1cc(Br)c(Cl)s1. The van der Waals surface area contributed by atoms with Gasteiger partial charge in [0.25, 0.3) is 0 Å². The third kappa shape index (κ3) is 1.65. The molecule has 4 nitrogen and oxygen atoms in total. The summed E-state index contributed by atoms with van der Waals surface area (Å²) < 4.78 is 1.43. The van der Waals surface area contributed by atoms with Gasteiger partial charge in [-0.3, -0.25) is 0 Å². The van der Waals surface area contributed by atoms with Crippen LogP contribution in [-0.4, -0.2) is 11.9 Å². The number of halogens is 2. The van der Waals surface area contributed by atoms with Crippen molar-refractivity contribution < 1.29 is 4.79 Å². The lowest BCUT2D eigenvalue weighted by Crippen LogP contribution is -2.26. The van der Waals surface area contributed by atoms with Crippen molar-refractivity contribution in [2.75, 3.05) is 0 Å². The zero-order chi connectivity index (χ0) is 10.3. The fourth-order valence-corrected chi connectivity index (χ4v) is 2.93. The fraction of sp³-hybridized carbons (Fsp3) is 0.143. The van der Waals surface area contributed by atoms with Gasteiger partial charge in [-0.05, 0) is 22.0 Å². The first-order valence-electron chi connectivity index (χ1n) is 3.67. The summed E-state index contributed by atoms with van der Waals surface area (Å²) in [4.78, 5) is 15.4. The van der Waals surface area contributed by atoms with Crippen LogP contribution in [0.1, 0.15) is 10.9 Å². The highest BCUT2D eigenvalue weighted by molar-refractivity contribution is 9.10. The number of nitrogens with zero attached hydrogens (tertiary/aromatic N) is 1. The molecule has 3 N–H and O–H groups in total. The number of nitrogens with two attached hydrogens (primary N) is 1. The molecule has 0 aliphatic carbocycles. The van der Waals surface area contributed by atoms with Crippen molar-refractivity contribution in [1.82, 2.24) is 5.32 Å². The Kier molecular flexibility index (Phi) is 2.50. The standard InChI is InChI=1S/C7H5BrClN3OS/c8-2-1-3(14-5(2)9)4-6(10)12-7(13)11-4/h1,4H,(H3,10,11,12,13). The first-order chi connectivity index (χ1) is 6.58. The third-order valence-electron chi connectivity index (χ3n) is 1.74. The number of amidine groups is 1. The molecule has 2 amide bonds. The Bertz CT molecular complexity index is 411. The minimum atomic E-state index is -0.409. The molecule has 14 heavy (non-hydrogen) atoms. The fourth-order valence-electron chi connectivity index (χ4n) is 1.13. The van der Waals surface area contributed by atoms with Crippen LogP contribution in [0, 0.1) is 0 Å². The molecule has 1 aromatic rings. The summed E-state index contributed by atoms with van der Waals surface area (Å²) >= 11 is 10.5. The Morgan fingerprint density at radius 2 is 2.43 bits per heavy atom. The number of carbonyl (C=O) groups excluding carboxylic acids is 1. The first kappa shape index (κ1) is 9.95. The van der Waals surface area contributed by atoms with Gasteiger partial charge in [0.1, 0.15) is 16.2 Å². The lowest BCUT2D eigenvalue weighted by atomic mass is 10.2. The van der Waals surface area contributed by atoms with Crippen molar-refractivity contribution >= 4 is 50.7 Å². The summed E-state index contributed by atoms with van der Waals surface area (Å²) in [5, 5.41) is 2.62. The molecule has 1 aliphatic heterocycles. The normalized spacial score (nSPS) is 20.9. The Morgan fingerprint density at radius 3 is 2.86 bits per heavy atom. The van der Waals surface area contributed by atoms with Crippen LogP contribution >= 0.6 is 38.9 Å². The molecule has 0 spiro atoms. The van der Waals surface area contributed by atoms with Gasteiger partial charge in [-0.25, -0.2) is 4.79 Å². The summed E-state index contributed by atoms with van der Waals surface area (Å²) in [6.07, 6.45) is 0. The van der Waals surface area contributed by atoms with E-state index in [1.165, 1.54) is 11.3 Å². The summed E-state index contributed by atoms with van der Waals surface area (Å²) in [6.45, 7) is 0. The predicted octanol–water partition coefficient (Wildman–Crippen LogP) is 2.29. The largest absolute Gasteiger partial charge is 0.385 e. The molecule has 0 radical (unpaired) electrons. The van der Waals surface area contributed by atoms with Crippen LogP contribution in [0.5, 0.6) is 0 Å². The van der Waals surface area contributed by atoms with Crippen molar-refractivity contribution in [1.29, 1.82) is 0 Å². The molecular formula is C7H5BrClN3OS. The molecule has 1 aromatic heterocycles. The molecule has 0 aromatic carbocycles. The summed E-state index contributed by atoms with van der Waals surface area (Å²) in [7, 11) is 0. The van der Waals surface area contributed by atoms with E-state index in [0.29, 0.717) is 4.34 Å². The number of hydrogen-bond donors (Lipinski definition) is 2. The van der Waals surface area contributed by atoms with Crippen LogP contribution in [0.2, 0.25) is 4.34 Å². The molecule has 0 bridgehead atoms. The molecule has 2 heterocycles. The second-order valence-corrected chi connectivity index (χ2v) is 5.23. The molecule has 1 aliphatic rings. The van der Waals surface area contributed by atoms with Crippen molar-refractivity contribution in [3.8, 4) is 0 Å². The molecule has 0 saturated heterocycles. The number of urea groups is 1. The summed E-state index contributed by atoms with van der Waals surface area (Å²) in [6, 6.07) is 1.08. The van der Waals surface area contributed by atoms with Crippen molar-refractivity contribution in [3.63, 3.8) is 0 Å². The number of thiophene rings is 1. The van der Waals surface area contributed by atoms with Crippen molar-refractivity contribution in [2.24, 2.45) is 10.7 Å². The Hall–Kier alpha value is -0.590. The lowest BCUT2D eigenvalue weighted by Gasteiger charge is -2.06. The Morgan fingerprint density at radius 1 is 1.71 bits per heavy atom. The van der Waals surface area contributed by atoms with Crippen LogP contribution in [0.15, 0.2) is 15.5 Å². The number of nitrogens with one attached hydrogen (secondary N) is 1. The topological polar surface area (TPSA) is 67.5 Å². The molecule has 74 valence electrons. The van der Waals surface area contributed by atoms with E-state index in [4.69, 9.17) is 17.3 Å². The number of hydrogen-bond acceptors (Lipinski definition) is 3. The van der Waals surface area contributed by atoms with Crippen LogP contribution < -0.4 is 11.1 Å². The van der Waals surface area contributed by atoms with E-state index in [-0.39, 0.29) is 11.9 Å². The van der Waals surface area contributed by atoms with Crippen molar-refractivity contribution in [3.05, 3.63) is 19.8 Å². The quantitative estimate of drug-likeness (QED) is 0.834. The lowest BCUT2D eigenvalue weighted by molar-refractivity contribution is 0.250. The van der Waals surface area contributed by atoms with E-state index in [2.05, 4.69) is 26.2 Å². The second kappa shape index (κ2) is 3.52. The minimum absolute atomic E-state index is 0.278. The summed E-state index contributed by atoms with van der Waals surface area (Å²) in [5.41, 5.74) is 5.58. The van der Waals surface area contributed by atoms with E-state index in [0.717, 1.165) is 9.35 Å². The smallest absolute Gasteiger partial charge is 0.343 e. The van der Waals surface area contributed by atoms with Crippen LogP contribution in [0.3, 0.4) is 0 Å². The van der Waals surface area contributed by atoms with Gasteiger partial charge in [0.2, 0.25) is 0 Å². The third-order valence-corrected chi connectivity index (χ3v) is 4.28. The zero-order valence-electron chi connectivity index (χ0n) is 6.75. The first-order valence-corrected chi connectivity index (χ1v) is 5.66. The van der Waals surface area contributed by atoms with E-state index >= 15 is 0 Å². The number of carbonyl (C=O) groups is 1. The minimum Gasteiger partial charge on any atom is -0.385 e. The molecule has 1 atom stereocenters. The van der Waals surface area contributed by atoms with Crippen LogP contribution in [0.25, 0.3) is 0 Å². The zero-order valence-corrected chi connectivity index (χ0v) is 9.91. The number of rotatable bonds is 1. The average Bonchev–Trinajstić information content (AvgIpc) is 2.57. The maximum Gasteiger partial charge on any atom is 0.343 e. The van der Waals surface area contributed by atoms with E-state index in [1.54, 1.807) is 0 Å². The molecule has 2 rings (SSSR count). The Labute approximate surface area is 97.3 Å². The van der Waals surface area contributed by atoms with Gasteiger partial charge in [-0.15, -0.1) is 11.3 Å². The summed E-state index contributed by atoms with van der Waals surface area (Å²) in [5.74, 6) is 0.278. The average molecular weight is 295 g/mol. The number of aliphatic imine (C=N–C) groups is 1. The van der Waals surface area contributed by atoms with Gasteiger partial charge in [0.05, 0.1) is 0 Å². The predicted molar refractivity (Wildman–Crippen MR) is 59.9 cm³/mol. The number of amides is 2. The maximum atomic E-state index is 10.9. The second-order valence-electron chi connectivity index (χ2n) is 2.69. The highest BCUT2D eigenvalue weighted by Gasteiger charge is 2.27. The monoisotopic (exact) mass is 293 g/mol. The molecule has 0 fully saturated rings. The van der Waals surface area contributed by atoms with Crippen molar-refractivity contribution in [2.45, 2.75) is 6.04 Å². The maximum absolute atomic E-state index is 10.9. The highest BCUT2D eigenvalue weighted by Crippen LogP contribution is 2.35. The van der Waals surface area contributed by atoms with E-state index < -0.39 is 6.03 Å². The highest BCUT2D eigenvalue weighted by atomic mass is 79.9. The van der Waals surface area contributed by atoms with Crippen LogP contribution in [0.4, 0.5) is 4.79 Å². The van der Waals surface area contributed by atoms with Gasteiger partial charge in [-0.2, -0.15) is 4.99 Å². The van der Waals surface area contributed by atoms with E-state index in [1.807, 2.05) is 6.07 Å².